The first-order chi connectivity index (χ1) is 8.31. The third kappa shape index (κ3) is 1.40. The van der Waals surface area contributed by atoms with Crippen LogP contribution in [0.15, 0.2) is 12.5 Å². The Morgan fingerprint density at radius 3 is 2.94 bits per heavy atom. The summed E-state index contributed by atoms with van der Waals surface area (Å²) in [5.74, 6) is 1.73. The molecule has 2 fully saturated rings. The van der Waals surface area contributed by atoms with Crippen LogP contribution in [0.25, 0.3) is 11.2 Å². The molecule has 17 heavy (non-hydrogen) atoms. The van der Waals surface area contributed by atoms with Gasteiger partial charge in [-0.2, -0.15) is 4.98 Å². The third-order valence-corrected chi connectivity index (χ3v) is 4.53. The number of imidazole rings is 1. The van der Waals surface area contributed by atoms with E-state index in [0.717, 1.165) is 23.0 Å². The fraction of sp³-hybridized carbons (Fsp3) is 0.583. The van der Waals surface area contributed by atoms with Gasteiger partial charge < -0.3 is 4.57 Å². The monoisotopic (exact) mass is 248 g/mol. The molecule has 4 rings (SSSR count). The lowest BCUT2D eigenvalue weighted by Gasteiger charge is -2.23. The molecule has 5 heteroatoms. The summed E-state index contributed by atoms with van der Waals surface area (Å²) in [5, 5.41) is 0.308. The van der Waals surface area contributed by atoms with E-state index in [2.05, 4.69) is 19.5 Å². The van der Waals surface area contributed by atoms with Crippen molar-refractivity contribution in [1.82, 2.24) is 19.5 Å². The fourth-order valence-corrected chi connectivity index (χ4v) is 3.73. The van der Waals surface area contributed by atoms with Crippen LogP contribution in [0, 0.1) is 11.8 Å². The molecule has 0 N–H and O–H groups in total. The molecule has 0 spiro atoms. The van der Waals surface area contributed by atoms with Crippen molar-refractivity contribution in [2.75, 3.05) is 0 Å². The molecule has 2 bridgehead atoms. The van der Waals surface area contributed by atoms with Gasteiger partial charge in [0, 0.05) is 6.04 Å². The molecule has 2 aromatic rings. The van der Waals surface area contributed by atoms with E-state index in [-0.39, 0.29) is 0 Å². The van der Waals surface area contributed by atoms with Crippen molar-refractivity contribution >= 4 is 22.8 Å². The maximum absolute atomic E-state index is 5.87. The summed E-state index contributed by atoms with van der Waals surface area (Å²) in [6.07, 6.45) is 9.02. The fourth-order valence-electron chi connectivity index (χ4n) is 3.60. The SMILES string of the molecule is Clc1ncc2ncn([C@@H]3C[C@H]4CC[C@@H]3C4)c2n1. The van der Waals surface area contributed by atoms with Crippen LogP contribution >= 0.6 is 11.6 Å². The lowest BCUT2D eigenvalue weighted by atomic mass is 9.95. The normalized spacial score (nSPS) is 31.5. The van der Waals surface area contributed by atoms with E-state index < -0.39 is 0 Å². The highest BCUT2D eigenvalue weighted by Crippen LogP contribution is 2.51. The van der Waals surface area contributed by atoms with E-state index in [1.54, 1.807) is 6.20 Å². The standard InChI is InChI=1S/C12H13ClN4/c13-12-14-5-9-11(16-12)17(6-15-9)10-4-7-1-2-8(10)3-7/h5-8,10H,1-4H2/t7-,8+,10+/m0/s1. The van der Waals surface area contributed by atoms with E-state index in [4.69, 9.17) is 11.6 Å². The second kappa shape index (κ2) is 3.42. The van der Waals surface area contributed by atoms with Crippen molar-refractivity contribution in [1.29, 1.82) is 0 Å². The number of aromatic nitrogens is 4. The maximum atomic E-state index is 5.87. The van der Waals surface area contributed by atoms with Crippen LogP contribution in [0.3, 0.4) is 0 Å². The van der Waals surface area contributed by atoms with E-state index in [9.17, 15) is 0 Å². The quantitative estimate of drug-likeness (QED) is 0.729. The van der Waals surface area contributed by atoms with E-state index in [1.165, 1.54) is 25.7 Å². The van der Waals surface area contributed by atoms with Crippen LogP contribution in [0.1, 0.15) is 31.7 Å². The molecule has 0 aromatic carbocycles. The predicted octanol–water partition coefficient (Wildman–Crippen LogP) is 2.84. The molecular formula is C12H13ClN4. The minimum absolute atomic E-state index is 0.308. The van der Waals surface area contributed by atoms with Gasteiger partial charge in [0.1, 0.15) is 5.52 Å². The lowest BCUT2D eigenvalue weighted by molar-refractivity contribution is 0.334. The van der Waals surface area contributed by atoms with Gasteiger partial charge in [0.05, 0.1) is 12.5 Å². The summed E-state index contributed by atoms with van der Waals surface area (Å²) in [6, 6.07) is 0.574. The highest BCUT2D eigenvalue weighted by molar-refractivity contribution is 6.28. The van der Waals surface area contributed by atoms with Crippen LogP contribution in [0.2, 0.25) is 5.28 Å². The molecule has 0 aliphatic heterocycles. The molecule has 2 aliphatic rings. The van der Waals surface area contributed by atoms with Crippen molar-refractivity contribution in [2.24, 2.45) is 11.8 Å². The Balaban J connectivity index is 1.83. The largest absolute Gasteiger partial charge is 0.312 e. The van der Waals surface area contributed by atoms with Gasteiger partial charge in [-0.3, -0.25) is 0 Å². The average molecular weight is 249 g/mol. The molecule has 0 amide bonds. The Kier molecular flexibility index (Phi) is 1.98. The molecule has 4 nitrogen and oxygen atoms in total. The Bertz CT molecular complexity index is 579. The predicted molar refractivity (Wildman–Crippen MR) is 64.8 cm³/mol. The van der Waals surface area contributed by atoms with Crippen molar-refractivity contribution < 1.29 is 0 Å². The van der Waals surface area contributed by atoms with Gasteiger partial charge in [-0.25, -0.2) is 9.97 Å². The third-order valence-electron chi connectivity index (χ3n) is 4.34. The lowest BCUT2D eigenvalue weighted by Crippen LogP contribution is -2.15. The second-order valence-electron chi connectivity index (χ2n) is 5.24. The number of halogens is 1. The van der Waals surface area contributed by atoms with E-state index in [0.29, 0.717) is 11.3 Å². The molecule has 88 valence electrons. The smallest absolute Gasteiger partial charge is 0.224 e. The van der Waals surface area contributed by atoms with Crippen molar-refractivity contribution in [3.8, 4) is 0 Å². The Morgan fingerprint density at radius 2 is 2.18 bits per heavy atom. The number of rotatable bonds is 1. The maximum Gasteiger partial charge on any atom is 0.224 e. The highest BCUT2D eigenvalue weighted by atomic mass is 35.5. The number of hydrogen-bond acceptors (Lipinski definition) is 3. The summed E-state index contributed by atoms with van der Waals surface area (Å²) in [4.78, 5) is 12.7. The van der Waals surface area contributed by atoms with Crippen LogP contribution in [0.4, 0.5) is 0 Å². The van der Waals surface area contributed by atoms with Crippen molar-refractivity contribution in [3.63, 3.8) is 0 Å². The topological polar surface area (TPSA) is 43.6 Å². The Morgan fingerprint density at radius 1 is 1.24 bits per heavy atom. The first-order valence-corrected chi connectivity index (χ1v) is 6.54. The highest BCUT2D eigenvalue weighted by Gasteiger charge is 2.40. The Labute approximate surface area is 104 Å². The van der Waals surface area contributed by atoms with E-state index in [1.807, 2.05) is 6.33 Å². The Hall–Kier alpha value is -1.16. The number of nitrogens with zero attached hydrogens (tertiary/aromatic N) is 4. The van der Waals surface area contributed by atoms with E-state index >= 15 is 0 Å². The summed E-state index contributed by atoms with van der Waals surface area (Å²) in [5.41, 5.74) is 1.74. The van der Waals surface area contributed by atoms with Crippen LogP contribution in [-0.4, -0.2) is 19.5 Å². The van der Waals surface area contributed by atoms with Gasteiger partial charge in [-0.1, -0.05) is 6.42 Å². The minimum Gasteiger partial charge on any atom is -0.312 e. The summed E-state index contributed by atoms with van der Waals surface area (Å²) >= 11 is 5.87. The summed E-state index contributed by atoms with van der Waals surface area (Å²) in [7, 11) is 0. The second-order valence-corrected chi connectivity index (χ2v) is 5.58. The van der Waals surface area contributed by atoms with Crippen LogP contribution in [0.5, 0.6) is 0 Å². The zero-order valence-corrected chi connectivity index (χ0v) is 10.1. The molecular weight excluding hydrogens is 236 g/mol. The molecule has 2 heterocycles. The molecule has 2 aromatic heterocycles. The molecule has 0 unspecified atom stereocenters. The molecule has 2 saturated carbocycles. The molecule has 3 atom stereocenters. The molecule has 0 radical (unpaired) electrons. The van der Waals surface area contributed by atoms with Gasteiger partial charge in [0.25, 0.3) is 0 Å². The van der Waals surface area contributed by atoms with Gasteiger partial charge in [0.15, 0.2) is 5.65 Å². The van der Waals surface area contributed by atoms with Gasteiger partial charge in [-0.15, -0.1) is 0 Å². The number of fused-ring (bicyclic) bond motifs is 3. The molecule has 0 saturated heterocycles. The minimum atomic E-state index is 0.308. The summed E-state index contributed by atoms with van der Waals surface area (Å²) in [6.45, 7) is 0. The van der Waals surface area contributed by atoms with Gasteiger partial charge in [0.2, 0.25) is 5.28 Å². The van der Waals surface area contributed by atoms with Crippen molar-refractivity contribution in [3.05, 3.63) is 17.8 Å². The molecule has 2 aliphatic carbocycles. The first kappa shape index (κ1) is 9.83. The van der Waals surface area contributed by atoms with Crippen LogP contribution < -0.4 is 0 Å². The number of hydrogen-bond donors (Lipinski definition) is 0. The zero-order valence-electron chi connectivity index (χ0n) is 9.38. The van der Waals surface area contributed by atoms with Gasteiger partial charge in [-0.05, 0) is 42.7 Å². The average Bonchev–Trinajstić information content (AvgIpc) is 3.01. The zero-order chi connectivity index (χ0) is 11.4. The van der Waals surface area contributed by atoms with Crippen molar-refractivity contribution in [2.45, 2.75) is 31.7 Å². The summed E-state index contributed by atoms with van der Waals surface area (Å²) < 4.78 is 2.22. The first-order valence-electron chi connectivity index (χ1n) is 6.16. The van der Waals surface area contributed by atoms with Crippen LogP contribution in [-0.2, 0) is 0 Å². The van der Waals surface area contributed by atoms with Gasteiger partial charge >= 0.3 is 0 Å².